The van der Waals surface area contributed by atoms with Crippen LogP contribution >= 0.6 is 0 Å². The van der Waals surface area contributed by atoms with Crippen LogP contribution < -0.4 is 10.9 Å². The summed E-state index contributed by atoms with van der Waals surface area (Å²) >= 11 is 0. The smallest absolute Gasteiger partial charge is 0.322 e. The third-order valence-corrected chi connectivity index (χ3v) is 3.18. The Morgan fingerprint density at radius 1 is 1.32 bits per heavy atom. The average Bonchev–Trinajstić information content (AvgIpc) is 2.99. The number of hydrogen-bond donors (Lipinski definition) is 1. The van der Waals surface area contributed by atoms with E-state index in [9.17, 15) is 9.59 Å². The van der Waals surface area contributed by atoms with Crippen LogP contribution in [0.15, 0.2) is 33.5 Å². The molecule has 0 atom stereocenters. The zero-order valence-corrected chi connectivity index (χ0v) is 12.0. The van der Waals surface area contributed by atoms with E-state index in [4.69, 9.17) is 4.42 Å². The lowest BCUT2D eigenvalue weighted by Crippen LogP contribution is -2.20. The van der Waals surface area contributed by atoms with Gasteiger partial charge < -0.3 is 8.98 Å². The molecule has 0 saturated carbocycles. The number of nitrogens with zero attached hydrogens (tertiary/aromatic N) is 4. The fourth-order valence-corrected chi connectivity index (χ4v) is 2.00. The van der Waals surface area contributed by atoms with Crippen LogP contribution in [0, 0.1) is 0 Å². The Balaban J connectivity index is 2.09. The summed E-state index contributed by atoms with van der Waals surface area (Å²) in [5, 5.41) is 9.91. The fourth-order valence-electron chi connectivity index (χ4n) is 2.00. The number of rotatable bonds is 3. The van der Waals surface area contributed by atoms with Crippen LogP contribution in [0.25, 0.3) is 22.6 Å². The number of hydrogen-bond acceptors (Lipinski definition) is 6. The Morgan fingerprint density at radius 2 is 2.09 bits per heavy atom. The van der Waals surface area contributed by atoms with E-state index < -0.39 is 0 Å². The summed E-state index contributed by atoms with van der Waals surface area (Å²) in [4.78, 5) is 27.9. The lowest BCUT2D eigenvalue weighted by molar-refractivity contribution is -0.116. The minimum Gasteiger partial charge on any atom is -0.401 e. The van der Waals surface area contributed by atoms with Gasteiger partial charge in [0.25, 0.3) is 11.4 Å². The quantitative estimate of drug-likeness (QED) is 0.782. The molecule has 3 aromatic rings. The highest BCUT2D eigenvalue weighted by atomic mass is 16.4. The van der Waals surface area contributed by atoms with Gasteiger partial charge in [-0.15, -0.1) is 5.10 Å². The van der Waals surface area contributed by atoms with Gasteiger partial charge in [0.15, 0.2) is 5.69 Å². The van der Waals surface area contributed by atoms with E-state index in [1.807, 2.05) is 12.1 Å². The first-order chi connectivity index (χ1) is 10.6. The van der Waals surface area contributed by atoms with Crippen LogP contribution in [0.2, 0.25) is 0 Å². The van der Waals surface area contributed by atoms with Crippen molar-refractivity contribution < 1.29 is 9.21 Å². The molecule has 3 rings (SSSR count). The van der Waals surface area contributed by atoms with E-state index in [1.165, 1.54) is 4.57 Å². The van der Waals surface area contributed by atoms with E-state index in [1.54, 1.807) is 26.1 Å². The van der Waals surface area contributed by atoms with Gasteiger partial charge in [0.1, 0.15) is 0 Å². The van der Waals surface area contributed by atoms with Crippen LogP contribution in [0.1, 0.15) is 13.3 Å². The van der Waals surface area contributed by atoms with Crippen molar-refractivity contribution in [2.75, 3.05) is 5.32 Å². The maximum absolute atomic E-state index is 12.4. The van der Waals surface area contributed by atoms with Crippen molar-refractivity contribution in [1.82, 2.24) is 19.7 Å². The first kappa shape index (κ1) is 13.9. The molecule has 0 unspecified atom stereocenters. The Morgan fingerprint density at radius 3 is 2.86 bits per heavy atom. The molecular formula is C14H13N5O3. The van der Waals surface area contributed by atoms with Crippen LogP contribution in [-0.2, 0) is 11.8 Å². The molecule has 1 aromatic carbocycles. The number of aromatic nitrogens is 4. The summed E-state index contributed by atoms with van der Waals surface area (Å²) in [6, 6.07) is 7.18. The van der Waals surface area contributed by atoms with Gasteiger partial charge in [-0.25, -0.2) is 4.98 Å². The van der Waals surface area contributed by atoms with Gasteiger partial charge in [0.2, 0.25) is 5.91 Å². The number of carbonyl (C=O) groups excluding carboxylic acids is 1. The van der Waals surface area contributed by atoms with Crippen LogP contribution in [0.5, 0.6) is 0 Å². The van der Waals surface area contributed by atoms with Crippen molar-refractivity contribution in [3.8, 4) is 11.6 Å². The summed E-state index contributed by atoms with van der Waals surface area (Å²) in [5.41, 5.74) is 1.04. The molecular weight excluding hydrogens is 286 g/mol. The van der Waals surface area contributed by atoms with Crippen LogP contribution in [-0.4, -0.2) is 25.7 Å². The number of benzene rings is 1. The van der Waals surface area contributed by atoms with E-state index in [0.717, 1.165) is 0 Å². The highest BCUT2D eigenvalue weighted by molar-refractivity contribution is 5.88. The number of aryl methyl sites for hydroxylation is 1. The van der Waals surface area contributed by atoms with Gasteiger partial charge in [0.05, 0.1) is 11.0 Å². The van der Waals surface area contributed by atoms with Crippen molar-refractivity contribution >= 4 is 23.0 Å². The molecule has 0 bridgehead atoms. The Labute approximate surface area is 124 Å². The lowest BCUT2D eigenvalue weighted by atomic mass is 10.3. The van der Waals surface area contributed by atoms with Gasteiger partial charge in [-0.1, -0.05) is 24.2 Å². The third kappa shape index (κ3) is 2.34. The summed E-state index contributed by atoms with van der Waals surface area (Å²) in [5.74, 6) is -0.285. The predicted octanol–water partition coefficient (Wildman–Crippen LogP) is 1.33. The zero-order valence-electron chi connectivity index (χ0n) is 12.0. The van der Waals surface area contributed by atoms with E-state index >= 15 is 0 Å². The summed E-state index contributed by atoms with van der Waals surface area (Å²) in [6.07, 6.45) is 0.285. The van der Waals surface area contributed by atoms with Crippen LogP contribution in [0.4, 0.5) is 6.01 Å². The van der Waals surface area contributed by atoms with Gasteiger partial charge in [-0.05, 0) is 12.1 Å². The lowest BCUT2D eigenvalue weighted by Gasteiger charge is -2.05. The van der Waals surface area contributed by atoms with E-state index in [2.05, 4.69) is 20.5 Å². The standard InChI is InChI=1S/C14H13N5O3/c1-3-10(20)16-14-18-17-12(22-14)11-13(21)19(2)9-7-5-4-6-8(9)15-11/h4-7H,3H2,1-2H3,(H,16,18,20). The monoisotopic (exact) mass is 299 g/mol. The number of carbonyl (C=O) groups is 1. The number of amides is 1. The van der Waals surface area contributed by atoms with Crippen molar-refractivity contribution in [3.05, 3.63) is 34.6 Å². The maximum atomic E-state index is 12.4. The third-order valence-electron chi connectivity index (χ3n) is 3.18. The molecule has 22 heavy (non-hydrogen) atoms. The maximum Gasteiger partial charge on any atom is 0.322 e. The minimum absolute atomic E-state index is 0.0299. The molecule has 0 spiro atoms. The number of fused-ring (bicyclic) bond motifs is 1. The molecule has 2 heterocycles. The molecule has 8 nitrogen and oxygen atoms in total. The molecule has 2 aromatic heterocycles. The van der Waals surface area contributed by atoms with Crippen molar-refractivity contribution in [1.29, 1.82) is 0 Å². The molecule has 0 radical (unpaired) electrons. The van der Waals surface area contributed by atoms with Gasteiger partial charge in [0, 0.05) is 13.5 Å². The highest BCUT2D eigenvalue weighted by Gasteiger charge is 2.17. The fraction of sp³-hybridized carbons (Fsp3) is 0.214. The Bertz CT molecular complexity index is 912. The molecule has 8 heteroatoms. The minimum atomic E-state index is -0.351. The van der Waals surface area contributed by atoms with E-state index in [0.29, 0.717) is 11.0 Å². The normalized spacial score (nSPS) is 10.8. The van der Waals surface area contributed by atoms with Crippen molar-refractivity contribution in [3.63, 3.8) is 0 Å². The molecule has 0 aliphatic rings. The summed E-state index contributed by atoms with van der Waals surface area (Å²) in [7, 11) is 1.64. The average molecular weight is 299 g/mol. The molecule has 1 amide bonds. The summed E-state index contributed by atoms with van der Waals surface area (Å²) in [6.45, 7) is 1.70. The molecule has 0 saturated heterocycles. The number of para-hydroxylation sites is 2. The largest absolute Gasteiger partial charge is 0.401 e. The first-order valence-corrected chi connectivity index (χ1v) is 6.69. The Hall–Kier alpha value is -3.03. The number of nitrogens with one attached hydrogen (secondary N) is 1. The van der Waals surface area contributed by atoms with Crippen molar-refractivity contribution in [2.24, 2.45) is 7.05 Å². The zero-order chi connectivity index (χ0) is 15.7. The van der Waals surface area contributed by atoms with Crippen molar-refractivity contribution in [2.45, 2.75) is 13.3 Å². The highest BCUT2D eigenvalue weighted by Crippen LogP contribution is 2.17. The SMILES string of the molecule is CCC(=O)Nc1nnc(-c2nc3ccccc3n(C)c2=O)o1. The van der Waals surface area contributed by atoms with Crippen LogP contribution in [0.3, 0.4) is 0 Å². The molecule has 0 aliphatic heterocycles. The van der Waals surface area contributed by atoms with Gasteiger partial charge >= 0.3 is 6.01 Å². The second-order valence-electron chi connectivity index (χ2n) is 4.63. The number of anilines is 1. The summed E-state index contributed by atoms with van der Waals surface area (Å²) < 4.78 is 6.76. The second kappa shape index (κ2) is 5.40. The van der Waals surface area contributed by atoms with E-state index in [-0.39, 0.29) is 35.5 Å². The topological polar surface area (TPSA) is 103 Å². The first-order valence-electron chi connectivity index (χ1n) is 6.69. The predicted molar refractivity (Wildman–Crippen MR) is 79.2 cm³/mol. The van der Waals surface area contributed by atoms with Gasteiger partial charge in [-0.3, -0.25) is 14.9 Å². The molecule has 1 N–H and O–H groups in total. The second-order valence-corrected chi connectivity index (χ2v) is 4.63. The molecule has 112 valence electrons. The molecule has 0 fully saturated rings. The molecule has 0 aliphatic carbocycles. The Kier molecular flexibility index (Phi) is 3.42. The van der Waals surface area contributed by atoms with Gasteiger partial charge in [-0.2, -0.15) is 0 Å².